The average molecular weight is 276 g/mol. The summed E-state index contributed by atoms with van der Waals surface area (Å²) in [7, 11) is 5.92. The maximum absolute atomic E-state index is 6.42. The molecule has 4 nitrogen and oxygen atoms in total. The van der Waals surface area contributed by atoms with E-state index in [0.717, 1.165) is 43.9 Å². The van der Waals surface area contributed by atoms with Gasteiger partial charge in [0.2, 0.25) is 0 Å². The number of ether oxygens (including phenoxy) is 2. The summed E-state index contributed by atoms with van der Waals surface area (Å²) in [6.07, 6.45) is 3.25. The van der Waals surface area contributed by atoms with Crippen LogP contribution in [0.5, 0.6) is 11.5 Å². The van der Waals surface area contributed by atoms with Crippen molar-refractivity contribution in [2.24, 2.45) is 0 Å². The fraction of sp³-hybridized carbons (Fsp3) is 0.625. The summed E-state index contributed by atoms with van der Waals surface area (Å²) in [5.41, 5.74) is 1.22. The second-order valence-electron chi connectivity index (χ2n) is 6.04. The van der Waals surface area contributed by atoms with Gasteiger partial charge in [0, 0.05) is 31.1 Å². The van der Waals surface area contributed by atoms with Gasteiger partial charge in [-0.05, 0) is 45.1 Å². The molecule has 0 amide bonds. The van der Waals surface area contributed by atoms with Crippen molar-refractivity contribution in [3.8, 4) is 11.5 Å². The predicted octanol–water partition coefficient (Wildman–Crippen LogP) is 2.20. The fourth-order valence-electron chi connectivity index (χ4n) is 3.37. The Morgan fingerprint density at radius 2 is 2.10 bits per heavy atom. The van der Waals surface area contributed by atoms with Gasteiger partial charge < -0.3 is 19.7 Å². The molecule has 1 fully saturated rings. The number of methoxy groups -OCH3 is 1. The number of nitrogens with one attached hydrogen (secondary N) is 1. The number of hydrogen-bond donors (Lipinski definition) is 1. The molecule has 2 aliphatic rings. The summed E-state index contributed by atoms with van der Waals surface area (Å²) >= 11 is 0. The second kappa shape index (κ2) is 5.26. The molecule has 1 saturated heterocycles. The zero-order valence-corrected chi connectivity index (χ0v) is 12.6. The molecule has 20 heavy (non-hydrogen) atoms. The fourth-order valence-corrected chi connectivity index (χ4v) is 3.37. The molecule has 0 aliphatic carbocycles. The number of rotatable bonds is 2. The molecule has 1 aromatic carbocycles. The van der Waals surface area contributed by atoms with Gasteiger partial charge >= 0.3 is 0 Å². The van der Waals surface area contributed by atoms with E-state index in [1.807, 2.05) is 13.1 Å². The van der Waals surface area contributed by atoms with E-state index in [1.54, 1.807) is 7.11 Å². The van der Waals surface area contributed by atoms with Crippen molar-refractivity contribution in [1.82, 2.24) is 10.2 Å². The molecule has 0 radical (unpaired) electrons. The van der Waals surface area contributed by atoms with E-state index < -0.39 is 0 Å². The third-order valence-electron chi connectivity index (χ3n) is 4.74. The van der Waals surface area contributed by atoms with E-state index in [1.165, 1.54) is 5.56 Å². The molecular formula is C16H24N2O2. The highest BCUT2D eigenvalue weighted by atomic mass is 16.5. The van der Waals surface area contributed by atoms with Crippen LogP contribution in [0.25, 0.3) is 0 Å². The second-order valence-corrected chi connectivity index (χ2v) is 6.04. The van der Waals surface area contributed by atoms with Gasteiger partial charge in [-0.2, -0.15) is 0 Å². The number of hydrogen-bond acceptors (Lipinski definition) is 4. The minimum absolute atomic E-state index is 0.00176. The lowest BCUT2D eigenvalue weighted by atomic mass is 9.80. The van der Waals surface area contributed by atoms with Crippen LogP contribution in [-0.2, 0) is 0 Å². The van der Waals surface area contributed by atoms with Gasteiger partial charge in [-0.1, -0.05) is 0 Å². The van der Waals surface area contributed by atoms with Gasteiger partial charge in [-0.15, -0.1) is 0 Å². The molecule has 0 aromatic heterocycles. The number of likely N-dealkylation sites (tertiary alicyclic amines) is 1. The van der Waals surface area contributed by atoms with Crippen molar-refractivity contribution in [1.29, 1.82) is 0 Å². The Morgan fingerprint density at radius 1 is 1.35 bits per heavy atom. The van der Waals surface area contributed by atoms with E-state index in [9.17, 15) is 0 Å². The maximum Gasteiger partial charge on any atom is 0.125 e. The molecule has 110 valence electrons. The number of piperidine rings is 1. The van der Waals surface area contributed by atoms with Crippen molar-refractivity contribution >= 4 is 0 Å². The summed E-state index contributed by atoms with van der Waals surface area (Å²) in [6, 6.07) is 6.48. The molecule has 3 rings (SSSR count). The Hall–Kier alpha value is -1.26. The van der Waals surface area contributed by atoms with Gasteiger partial charge in [0.25, 0.3) is 0 Å². The Kier molecular flexibility index (Phi) is 3.61. The van der Waals surface area contributed by atoms with E-state index >= 15 is 0 Å². The van der Waals surface area contributed by atoms with Crippen LogP contribution < -0.4 is 14.8 Å². The normalized spacial score (nSPS) is 25.1. The lowest BCUT2D eigenvalue weighted by Gasteiger charge is -2.46. The SMILES string of the molecule is CNC1CC2(CCN(C)CC2)Oc2ccc(OC)cc21. The van der Waals surface area contributed by atoms with Crippen molar-refractivity contribution < 1.29 is 9.47 Å². The standard InChI is InChI=1S/C16H24N2O2/c1-17-14-11-16(6-8-18(2)9-7-16)20-15-5-4-12(19-3)10-13(14)15/h4-5,10,14,17H,6-9,11H2,1-3H3. The van der Waals surface area contributed by atoms with E-state index in [-0.39, 0.29) is 5.60 Å². The first-order valence-electron chi connectivity index (χ1n) is 7.38. The van der Waals surface area contributed by atoms with Crippen molar-refractivity contribution in [2.45, 2.75) is 30.9 Å². The molecule has 1 unspecified atom stereocenters. The number of nitrogens with zero attached hydrogens (tertiary/aromatic N) is 1. The lowest BCUT2D eigenvalue weighted by molar-refractivity contribution is -0.0196. The Labute approximate surface area is 121 Å². The smallest absolute Gasteiger partial charge is 0.125 e. The summed E-state index contributed by atoms with van der Waals surface area (Å²) < 4.78 is 11.8. The van der Waals surface area contributed by atoms with Crippen molar-refractivity contribution in [3.63, 3.8) is 0 Å². The van der Waals surface area contributed by atoms with Crippen LogP contribution in [0.4, 0.5) is 0 Å². The first-order chi connectivity index (χ1) is 9.65. The van der Waals surface area contributed by atoms with Crippen LogP contribution in [-0.4, -0.2) is 44.8 Å². The van der Waals surface area contributed by atoms with Gasteiger partial charge in [0.1, 0.15) is 17.1 Å². The van der Waals surface area contributed by atoms with Crippen molar-refractivity contribution in [3.05, 3.63) is 23.8 Å². The zero-order chi connectivity index (χ0) is 14.2. The highest BCUT2D eigenvalue weighted by Gasteiger charge is 2.42. The lowest BCUT2D eigenvalue weighted by Crippen LogP contribution is -2.50. The van der Waals surface area contributed by atoms with E-state index in [2.05, 4.69) is 29.4 Å². The molecular weight excluding hydrogens is 252 g/mol. The summed E-state index contributed by atoms with van der Waals surface area (Å²) in [6.45, 7) is 2.23. The molecule has 1 aromatic rings. The van der Waals surface area contributed by atoms with Crippen LogP contribution in [0.1, 0.15) is 30.9 Å². The summed E-state index contributed by atoms with van der Waals surface area (Å²) in [4.78, 5) is 2.38. The number of benzene rings is 1. The monoisotopic (exact) mass is 276 g/mol. The van der Waals surface area contributed by atoms with Gasteiger partial charge in [-0.25, -0.2) is 0 Å². The summed E-state index contributed by atoms with van der Waals surface area (Å²) in [5.74, 6) is 1.91. The maximum atomic E-state index is 6.42. The van der Waals surface area contributed by atoms with Crippen LogP contribution >= 0.6 is 0 Å². The largest absolute Gasteiger partial charge is 0.497 e. The van der Waals surface area contributed by atoms with Gasteiger partial charge in [-0.3, -0.25) is 0 Å². The minimum Gasteiger partial charge on any atom is -0.497 e. The first-order valence-corrected chi connectivity index (χ1v) is 7.38. The third-order valence-corrected chi connectivity index (χ3v) is 4.74. The van der Waals surface area contributed by atoms with Crippen LogP contribution in [0.15, 0.2) is 18.2 Å². The zero-order valence-electron chi connectivity index (χ0n) is 12.6. The minimum atomic E-state index is 0.00176. The molecule has 1 atom stereocenters. The highest BCUT2D eigenvalue weighted by molar-refractivity contribution is 5.44. The van der Waals surface area contributed by atoms with E-state index in [0.29, 0.717) is 6.04 Å². The van der Waals surface area contributed by atoms with Gasteiger partial charge in [0.15, 0.2) is 0 Å². The molecule has 2 aliphatic heterocycles. The predicted molar refractivity (Wildman–Crippen MR) is 79.5 cm³/mol. The quantitative estimate of drug-likeness (QED) is 0.898. The topological polar surface area (TPSA) is 33.7 Å². The molecule has 4 heteroatoms. The highest BCUT2D eigenvalue weighted by Crippen LogP contribution is 2.45. The van der Waals surface area contributed by atoms with Crippen molar-refractivity contribution in [2.75, 3.05) is 34.3 Å². The number of fused-ring (bicyclic) bond motifs is 1. The third kappa shape index (κ3) is 2.38. The Balaban J connectivity index is 1.90. The summed E-state index contributed by atoms with van der Waals surface area (Å²) in [5, 5.41) is 3.45. The molecule has 2 heterocycles. The molecule has 1 N–H and O–H groups in total. The molecule has 0 bridgehead atoms. The van der Waals surface area contributed by atoms with E-state index in [4.69, 9.17) is 9.47 Å². The van der Waals surface area contributed by atoms with Crippen LogP contribution in [0.3, 0.4) is 0 Å². The Morgan fingerprint density at radius 3 is 2.75 bits per heavy atom. The first kappa shape index (κ1) is 13.7. The van der Waals surface area contributed by atoms with Crippen LogP contribution in [0.2, 0.25) is 0 Å². The Bertz CT molecular complexity index is 481. The van der Waals surface area contributed by atoms with Gasteiger partial charge in [0.05, 0.1) is 7.11 Å². The van der Waals surface area contributed by atoms with Crippen LogP contribution in [0, 0.1) is 0 Å². The molecule has 0 saturated carbocycles. The molecule has 1 spiro atoms. The average Bonchev–Trinajstić information content (AvgIpc) is 2.49.